The first-order chi connectivity index (χ1) is 7.08. The number of carbonyl (C=O) groups is 1. The van der Waals surface area contributed by atoms with Gasteiger partial charge in [0.1, 0.15) is 6.79 Å². The third-order valence-corrected chi connectivity index (χ3v) is 2.91. The molecule has 0 saturated heterocycles. The third-order valence-electron chi connectivity index (χ3n) is 2.24. The summed E-state index contributed by atoms with van der Waals surface area (Å²) in [6.07, 6.45) is 5.71. The standard InChI is InChI=1S/C8H16O4S.CH2O.Na/c9-13(10,11)7-6-12-8-4-2-1-3-5-8;1-2;/h8H,1-7H2,(H,9,10,11);1H2;/q;;+1/p-1. The van der Waals surface area contributed by atoms with Crippen molar-refractivity contribution in [2.24, 2.45) is 0 Å². The molecule has 0 atom stereocenters. The number of carbonyl (C=O) groups excluding carboxylic acids is 1. The molecule has 0 bridgehead atoms. The molecule has 0 aromatic rings. The summed E-state index contributed by atoms with van der Waals surface area (Å²) in [5, 5.41) is 0. The van der Waals surface area contributed by atoms with Crippen molar-refractivity contribution in [3.8, 4) is 0 Å². The summed E-state index contributed by atoms with van der Waals surface area (Å²) in [5.41, 5.74) is 0. The van der Waals surface area contributed by atoms with Gasteiger partial charge in [-0.25, -0.2) is 8.42 Å². The third kappa shape index (κ3) is 11.0. The Hall–Kier alpha value is 0.540. The molecule has 0 aliphatic heterocycles. The average Bonchev–Trinajstić information content (AvgIpc) is 2.20. The van der Waals surface area contributed by atoms with Crippen LogP contribution in [-0.4, -0.2) is 38.2 Å². The quantitative estimate of drug-likeness (QED) is 0.419. The molecular formula is C9H17NaO5S. The number of ether oxygens (including phenoxy) is 1. The minimum absolute atomic E-state index is 0. The van der Waals surface area contributed by atoms with E-state index in [-0.39, 0.29) is 42.3 Å². The van der Waals surface area contributed by atoms with Gasteiger partial charge in [0.25, 0.3) is 0 Å². The summed E-state index contributed by atoms with van der Waals surface area (Å²) in [7, 11) is -4.10. The topological polar surface area (TPSA) is 83.5 Å². The van der Waals surface area contributed by atoms with E-state index in [1.54, 1.807) is 0 Å². The van der Waals surface area contributed by atoms with E-state index in [0.717, 1.165) is 25.7 Å². The van der Waals surface area contributed by atoms with Gasteiger partial charge in [0.2, 0.25) is 0 Å². The molecule has 0 radical (unpaired) electrons. The fourth-order valence-electron chi connectivity index (χ4n) is 1.55. The van der Waals surface area contributed by atoms with Gasteiger partial charge in [-0.05, 0) is 12.8 Å². The van der Waals surface area contributed by atoms with Crippen molar-refractivity contribution >= 4 is 16.9 Å². The molecule has 1 rings (SSSR count). The van der Waals surface area contributed by atoms with Crippen LogP contribution in [0.5, 0.6) is 0 Å². The Morgan fingerprint density at radius 1 is 1.19 bits per heavy atom. The van der Waals surface area contributed by atoms with Crippen LogP contribution in [0.15, 0.2) is 0 Å². The summed E-state index contributed by atoms with van der Waals surface area (Å²) in [5.74, 6) is -0.399. The van der Waals surface area contributed by atoms with Gasteiger partial charge in [0.15, 0.2) is 0 Å². The molecule has 90 valence electrons. The Morgan fingerprint density at radius 3 is 2.12 bits per heavy atom. The van der Waals surface area contributed by atoms with Crippen molar-refractivity contribution in [2.75, 3.05) is 12.4 Å². The van der Waals surface area contributed by atoms with E-state index >= 15 is 0 Å². The fraction of sp³-hybridized carbons (Fsp3) is 0.889. The molecule has 16 heavy (non-hydrogen) atoms. The van der Waals surface area contributed by atoms with E-state index in [2.05, 4.69) is 0 Å². The van der Waals surface area contributed by atoms with Crippen LogP contribution in [0, 0.1) is 0 Å². The van der Waals surface area contributed by atoms with Crippen molar-refractivity contribution in [1.29, 1.82) is 0 Å². The average molecular weight is 260 g/mol. The summed E-state index contributed by atoms with van der Waals surface area (Å²) in [4.78, 5) is 8.00. The van der Waals surface area contributed by atoms with E-state index in [9.17, 15) is 13.0 Å². The van der Waals surface area contributed by atoms with Gasteiger partial charge in [-0.1, -0.05) is 19.3 Å². The van der Waals surface area contributed by atoms with E-state index in [1.165, 1.54) is 6.42 Å². The first kappa shape index (κ1) is 18.9. The van der Waals surface area contributed by atoms with Gasteiger partial charge in [-0.2, -0.15) is 0 Å². The normalized spacial score (nSPS) is 16.8. The monoisotopic (exact) mass is 260 g/mol. The maximum Gasteiger partial charge on any atom is 1.00 e. The SMILES string of the molecule is C=O.O=S(=O)([O-])CCOC1CCCCC1.[Na+]. The van der Waals surface area contributed by atoms with Crippen molar-refractivity contribution in [2.45, 2.75) is 38.2 Å². The molecule has 0 N–H and O–H groups in total. The number of rotatable bonds is 4. The predicted molar refractivity (Wildman–Crippen MR) is 54.5 cm³/mol. The van der Waals surface area contributed by atoms with Gasteiger partial charge in [-0.15, -0.1) is 0 Å². The molecule has 0 unspecified atom stereocenters. The minimum Gasteiger partial charge on any atom is -0.748 e. The van der Waals surface area contributed by atoms with E-state index in [1.807, 2.05) is 6.79 Å². The van der Waals surface area contributed by atoms with Crippen LogP contribution in [-0.2, 0) is 19.6 Å². The number of hydrogen-bond donors (Lipinski definition) is 0. The molecule has 0 aromatic heterocycles. The molecule has 1 saturated carbocycles. The molecule has 7 heteroatoms. The van der Waals surface area contributed by atoms with Gasteiger partial charge < -0.3 is 14.1 Å². The van der Waals surface area contributed by atoms with Crippen molar-refractivity contribution in [3.63, 3.8) is 0 Å². The van der Waals surface area contributed by atoms with Gasteiger partial charge in [-0.3, -0.25) is 0 Å². The van der Waals surface area contributed by atoms with Crippen LogP contribution in [0.4, 0.5) is 0 Å². The van der Waals surface area contributed by atoms with Gasteiger partial charge >= 0.3 is 29.6 Å². The molecule has 0 spiro atoms. The van der Waals surface area contributed by atoms with Crippen molar-refractivity contribution < 1.29 is 52.1 Å². The van der Waals surface area contributed by atoms with Gasteiger partial charge in [0.05, 0.1) is 28.6 Å². The van der Waals surface area contributed by atoms with Crippen LogP contribution in [0.1, 0.15) is 32.1 Å². The van der Waals surface area contributed by atoms with Crippen LogP contribution in [0.3, 0.4) is 0 Å². The first-order valence-corrected chi connectivity index (χ1v) is 6.50. The van der Waals surface area contributed by atoms with Crippen LogP contribution < -0.4 is 29.6 Å². The molecule has 0 heterocycles. The van der Waals surface area contributed by atoms with Crippen LogP contribution in [0.25, 0.3) is 0 Å². The minimum atomic E-state index is -4.10. The Bertz CT molecular complexity index is 249. The number of hydrogen-bond acceptors (Lipinski definition) is 5. The maximum absolute atomic E-state index is 10.2. The van der Waals surface area contributed by atoms with E-state index in [4.69, 9.17) is 9.53 Å². The zero-order valence-electron chi connectivity index (χ0n) is 9.68. The molecule has 1 fully saturated rings. The largest absolute Gasteiger partial charge is 1.00 e. The Balaban J connectivity index is 0. The molecule has 1 aliphatic rings. The fourth-order valence-corrected chi connectivity index (χ4v) is 1.85. The van der Waals surface area contributed by atoms with Crippen LogP contribution in [0.2, 0.25) is 0 Å². The maximum atomic E-state index is 10.2. The first-order valence-electron chi connectivity index (χ1n) is 4.92. The summed E-state index contributed by atoms with van der Waals surface area (Å²) in [6, 6.07) is 0. The second-order valence-corrected chi connectivity index (χ2v) is 4.92. The Morgan fingerprint density at radius 2 is 1.69 bits per heavy atom. The molecule has 0 aromatic carbocycles. The second-order valence-electron chi connectivity index (χ2n) is 3.39. The van der Waals surface area contributed by atoms with Crippen molar-refractivity contribution in [1.82, 2.24) is 0 Å². The smallest absolute Gasteiger partial charge is 0.748 e. The molecule has 1 aliphatic carbocycles. The Labute approximate surface area is 119 Å². The zero-order chi connectivity index (χ0) is 11.7. The predicted octanol–water partition coefficient (Wildman–Crippen LogP) is -2.30. The van der Waals surface area contributed by atoms with E-state index < -0.39 is 15.9 Å². The summed E-state index contributed by atoms with van der Waals surface area (Å²) in [6.45, 7) is 2.05. The Kier molecular flexibility index (Phi) is 12.6. The summed E-state index contributed by atoms with van der Waals surface area (Å²) < 4.78 is 36.0. The van der Waals surface area contributed by atoms with Crippen LogP contribution >= 0.6 is 0 Å². The molecule has 5 nitrogen and oxygen atoms in total. The second kappa shape index (κ2) is 10.7. The van der Waals surface area contributed by atoms with Gasteiger partial charge in [0, 0.05) is 0 Å². The van der Waals surface area contributed by atoms with E-state index in [0.29, 0.717) is 0 Å². The van der Waals surface area contributed by atoms with Crippen molar-refractivity contribution in [3.05, 3.63) is 0 Å². The zero-order valence-corrected chi connectivity index (χ0v) is 12.5. The molecular weight excluding hydrogens is 243 g/mol. The summed E-state index contributed by atoms with van der Waals surface area (Å²) >= 11 is 0. The molecule has 0 amide bonds.